The summed E-state index contributed by atoms with van der Waals surface area (Å²) in [6.45, 7) is 0. The first kappa shape index (κ1) is 17.3. The number of aryl methyl sites for hydroxylation is 1. The molecule has 1 aromatic heterocycles. The van der Waals surface area contributed by atoms with Crippen molar-refractivity contribution in [1.82, 2.24) is 4.98 Å². The molecule has 1 heterocycles. The summed E-state index contributed by atoms with van der Waals surface area (Å²) < 4.78 is 5.76. The van der Waals surface area contributed by atoms with Gasteiger partial charge in [-0.2, -0.15) is 0 Å². The summed E-state index contributed by atoms with van der Waals surface area (Å²) in [6, 6.07) is 22.7. The molecule has 0 aliphatic rings. The molecule has 1 N–H and O–H groups in total. The van der Waals surface area contributed by atoms with Gasteiger partial charge in [0.1, 0.15) is 5.52 Å². The topological polar surface area (TPSA) is 55.1 Å². The van der Waals surface area contributed by atoms with Crippen LogP contribution in [0.25, 0.3) is 22.6 Å². The van der Waals surface area contributed by atoms with E-state index >= 15 is 0 Å². The first-order valence-corrected chi connectivity index (χ1v) is 9.05. The Hall–Kier alpha value is -3.11. The highest BCUT2D eigenvalue weighted by Gasteiger charge is 2.08. The number of rotatable bonds is 5. The molecule has 4 nitrogen and oxygen atoms in total. The molecule has 0 saturated carbocycles. The number of anilines is 1. The zero-order valence-corrected chi connectivity index (χ0v) is 15.2. The molecule has 0 spiro atoms. The molecule has 27 heavy (non-hydrogen) atoms. The monoisotopic (exact) mass is 376 g/mol. The summed E-state index contributed by atoms with van der Waals surface area (Å²) in [5, 5.41) is 3.61. The van der Waals surface area contributed by atoms with Gasteiger partial charge in [-0.3, -0.25) is 4.79 Å². The molecule has 0 bridgehead atoms. The van der Waals surface area contributed by atoms with Crippen LogP contribution in [0.3, 0.4) is 0 Å². The van der Waals surface area contributed by atoms with E-state index in [9.17, 15) is 4.79 Å². The van der Waals surface area contributed by atoms with Crippen molar-refractivity contribution in [2.24, 2.45) is 0 Å². The lowest BCUT2D eigenvalue weighted by Gasteiger charge is -2.06. The predicted molar refractivity (Wildman–Crippen MR) is 108 cm³/mol. The fourth-order valence-electron chi connectivity index (χ4n) is 2.82. The Balaban J connectivity index is 1.38. The quantitative estimate of drug-likeness (QED) is 0.484. The molecule has 0 fully saturated rings. The molecule has 0 saturated heterocycles. The van der Waals surface area contributed by atoms with E-state index in [0.29, 0.717) is 23.8 Å². The van der Waals surface area contributed by atoms with E-state index < -0.39 is 0 Å². The van der Waals surface area contributed by atoms with Crippen molar-refractivity contribution in [3.63, 3.8) is 0 Å². The van der Waals surface area contributed by atoms with Crippen molar-refractivity contribution < 1.29 is 9.21 Å². The molecule has 0 unspecified atom stereocenters. The number of nitrogens with zero attached hydrogens (tertiary/aromatic N) is 1. The van der Waals surface area contributed by atoms with Crippen LogP contribution in [0, 0.1) is 0 Å². The Morgan fingerprint density at radius 2 is 1.70 bits per heavy atom. The summed E-state index contributed by atoms with van der Waals surface area (Å²) in [4.78, 5) is 16.6. The van der Waals surface area contributed by atoms with Crippen molar-refractivity contribution in [3.05, 3.63) is 83.4 Å². The average Bonchev–Trinajstić information content (AvgIpc) is 3.12. The molecule has 0 atom stereocenters. The lowest BCUT2D eigenvalue weighted by atomic mass is 10.1. The largest absolute Gasteiger partial charge is 0.436 e. The lowest BCUT2D eigenvalue weighted by Crippen LogP contribution is -2.12. The molecule has 4 aromatic rings. The standard InChI is InChI=1S/C22H17ClN2O2/c23-17-10-5-15(6-11-17)7-14-21(26)24-18-12-8-16(9-13-18)22-25-19-3-1-2-4-20(19)27-22/h1-6,8-13H,7,14H2,(H,24,26). The van der Waals surface area contributed by atoms with Crippen molar-refractivity contribution in [3.8, 4) is 11.5 Å². The second kappa shape index (κ2) is 7.64. The van der Waals surface area contributed by atoms with Crippen LogP contribution >= 0.6 is 11.6 Å². The number of carbonyl (C=O) groups excluding carboxylic acids is 1. The zero-order valence-electron chi connectivity index (χ0n) is 14.5. The van der Waals surface area contributed by atoms with Crippen LogP contribution in [0.4, 0.5) is 5.69 Å². The molecule has 1 amide bonds. The van der Waals surface area contributed by atoms with Gasteiger partial charge in [0.05, 0.1) is 0 Å². The summed E-state index contributed by atoms with van der Waals surface area (Å²) >= 11 is 5.87. The number of carbonyl (C=O) groups is 1. The molecule has 3 aromatic carbocycles. The number of nitrogens with one attached hydrogen (secondary N) is 1. The second-order valence-corrected chi connectivity index (χ2v) is 6.68. The molecular weight excluding hydrogens is 360 g/mol. The maximum Gasteiger partial charge on any atom is 0.227 e. The number of fused-ring (bicyclic) bond motifs is 1. The number of hydrogen-bond donors (Lipinski definition) is 1. The Kier molecular flexibility index (Phi) is 4.90. The van der Waals surface area contributed by atoms with E-state index in [0.717, 1.165) is 27.9 Å². The number of aromatic nitrogens is 1. The van der Waals surface area contributed by atoms with E-state index in [-0.39, 0.29) is 5.91 Å². The average molecular weight is 377 g/mol. The van der Waals surface area contributed by atoms with E-state index in [2.05, 4.69) is 10.3 Å². The maximum atomic E-state index is 12.2. The maximum absolute atomic E-state index is 12.2. The van der Waals surface area contributed by atoms with Gasteiger partial charge in [-0.25, -0.2) is 4.98 Å². The van der Waals surface area contributed by atoms with Gasteiger partial charge in [0, 0.05) is 22.7 Å². The number of hydrogen-bond acceptors (Lipinski definition) is 3. The number of amides is 1. The zero-order chi connectivity index (χ0) is 18.6. The van der Waals surface area contributed by atoms with Gasteiger partial charge in [-0.1, -0.05) is 35.9 Å². The summed E-state index contributed by atoms with van der Waals surface area (Å²) in [5.41, 5.74) is 4.28. The minimum Gasteiger partial charge on any atom is -0.436 e. The Morgan fingerprint density at radius 1 is 0.963 bits per heavy atom. The fraction of sp³-hybridized carbons (Fsp3) is 0.0909. The number of benzene rings is 3. The van der Waals surface area contributed by atoms with Crippen LogP contribution in [-0.4, -0.2) is 10.9 Å². The first-order chi connectivity index (χ1) is 13.2. The van der Waals surface area contributed by atoms with Gasteiger partial charge in [0.25, 0.3) is 0 Å². The molecule has 0 aliphatic carbocycles. The van der Waals surface area contributed by atoms with Crippen molar-refractivity contribution in [2.75, 3.05) is 5.32 Å². The third-order valence-electron chi connectivity index (χ3n) is 4.26. The Morgan fingerprint density at radius 3 is 2.44 bits per heavy atom. The van der Waals surface area contributed by atoms with Gasteiger partial charge >= 0.3 is 0 Å². The smallest absolute Gasteiger partial charge is 0.227 e. The lowest BCUT2D eigenvalue weighted by molar-refractivity contribution is -0.116. The van der Waals surface area contributed by atoms with E-state index in [1.165, 1.54) is 0 Å². The minimum atomic E-state index is -0.0282. The van der Waals surface area contributed by atoms with Crippen LogP contribution in [0.15, 0.2) is 77.2 Å². The highest BCUT2D eigenvalue weighted by Crippen LogP contribution is 2.25. The highest BCUT2D eigenvalue weighted by molar-refractivity contribution is 6.30. The van der Waals surface area contributed by atoms with Crippen LogP contribution in [-0.2, 0) is 11.2 Å². The second-order valence-electron chi connectivity index (χ2n) is 6.24. The Labute approximate surface area is 161 Å². The molecule has 0 radical (unpaired) electrons. The van der Waals surface area contributed by atoms with Crippen molar-refractivity contribution >= 4 is 34.3 Å². The van der Waals surface area contributed by atoms with Gasteiger partial charge in [0.15, 0.2) is 5.58 Å². The third kappa shape index (κ3) is 4.18. The summed E-state index contributed by atoms with van der Waals surface area (Å²) in [7, 11) is 0. The minimum absolute atomic E-state index is 0.0282. The van der Waals surface area contributed by atoms with Crippen molar-refractivity contribution in [1.29, 1.82) is 0 Å². The van der Waals surface area contributed by atoms with E-state index in [1.807, 2.05) is 72.8 Å². The van der Waals surface area contributed by atoms with Gasteiger partial charge in [-0.15, -0.1) is 0 Å². The number of oxazole rings is 1. The van der Waals surface area contributed by atoms with Crippen molar-refractivity contribution in [2.45, 2.75) is 12.8 Å². The Bertz CT molecular complexity index is 1040. The first-order valence-electron chi connectivity index (χ1n) is 8.68. The number of para-hydroxylation sites is 2. The molecular formula is C22H17ClN2O2. The molecule has 0 aliphatic heterocycles. The van der Waals surface area contributed by atoms with E-state index in [1.54, 1.807) is 0 Å². The van der Waals surface area contributed by atoms with Crippen LogP contribution in [0.5, 0.6) is 0 Å². The normalized spacial score (nSPS) is 10.9. The summed E-state index contributed by atoms with van der Waals surface area (Å²) in [6.07, 6.45) is 1.08. The molecule has 4 rings (SSSR count). The van der Waals surface area contributed by atoms with Gasteiger partial charge in [-0.05, 0) is 60.5 Å². The molecule has 134 valence electrons. The van der Waals surface area contributed by atoms with Crippen LogP contribution in [0.1, 0.15) is 12.0 Å². The van der Waals surface area contributed by atoms with E-state index in [4.69, 9.17) is 16.0 Å². The summed E-state index contributed by atoms with van der Waals surface area (Å²) in [5.74, 6) is 0.538. The van der Waals surface area contributed by atoms with Gasteiger partial charge in [0.2, 0.25) is 11.8 Å². The van der Waals surface area contributed by atoms with Crippen LogP contribution in [0.2, 0.25) is 5.02 Å². The third-order valence-corrected chi connectivity index (χ3v) is 4.52. The number of halogens is 1. The highest BCUT2D eigenvalue weighted by atomic mass is 35.5. The van der Waals surface area contributed by atoms with Gasteiger partial charge < -0.3 is 9.73 Å². The predicted octanol–water partition coefficient (Wildman–Crippen LogP) is 5.72. The van der Waals surface area contributed by atoms with Crippen LogP contribution < -0.4 is 5.32 Å². The SMILES string of the molecule is O=C(CCc1ccc(Cl)cc1)Nc1ccc(-c2nc3ccccc3o2)cc1. The molecule has 5 heteroatoms. The fourth-order valence-corrected chi connectivity index (χ4v) is 2.95.